The fraction of sp³-hybridized carbons (Fsp3) is 0.658. The van der Waals surface area contributed by atoms with Crippen LogP contribution in [0, 0.1) is 11.8 Å². The van der Waals surface area contributed by atoms with E-state index in [-0.39, 0.29) is 37.2 Å². The maximum absolute atomic E-state index is 13.1. The first-order chi connectivity index (χ1) is 23.3. The quantitative estimate of drug-likeness (QED) is 0.168. The molecule has 0 saturated carbocycles. The van der Waals surface area contributed by atoms with E-state index in [4.69, 9.17) is 18.9 Å². The van der Waals surface area contributed by atoms with E-state index in [1.165, 1.54) is 13.0 Å². The lowest BCUT2D eigenvalue weighted by Gasteiger charge is -2.47. The lowest BCUT2D eigenvalue weighted by Crippen LogP contribution is -2.64. The molecule has 282 valence electrons. The molecule has 0 spiro atoms. The number of carbonyl (C=O) groups is 3. The first kappa shape index (κ1) is 43.0. The molecule has 0 aromatic rings. The molecule has 1 fully saturated rings. The van der Waals surface area contributed by atoms with E-state index in [1.807, 2.05) is 32.9 Å². The van der Waals surface area contributed by atoms with Gasteiger partial charge in [0.15, 0.2) is 12.4 Å². The van der Waals surface area contributed by atoms with Crippen molar-refractivity contribution in [1.82, 2.24) is 0 Å². The molecule has 12 nitrogen and oxygen atoms in total. The summed E-state index contributed by atoms with van der Waals surface area (Å²) < 4.78 is 23.8. The molecule has 9 atom stereocenters. The third-order valence-corrected chi connectivity index (χ3v) is 8.94. The average Bonchev–Trinajstić information content (AvgIpc) is 3.03. The van der Waals surface area contributed by atoms with E-state index in [0.717, 1.165) is 11.1 Å². The molecule has 5 N–H and O–H groups in total. The second kappa shape index (κ2) is 19.5. The van der Waals surface area contributed by atoms with E-state index < -0.39 is 78.4 Å². The predicted molar refractivity (Wildman–Crippen MR) is 187 cm³/mol. The first-order valence-electron chi connectivity index (χ1n) is 17.4. The molecule has 12 heteroatoms. The van der Waals surface area contributed by atoms with E-state index >= 15 is 0 Å². The molecule has 0 radical (unpaired) electrons. The van der Waals surface area contributed by atoms with Crippen LogP contribution >= 0.6 is 0 Å². The summed E-state index contributed by atoms with van der Waals surface area (Å²) in [7, 11) is 0. The van der Waals surface area contributed by atoms with E-state index in [2.05, 4.69) is 0 Å². The van der Waals surface area contributed by atoms with Gasteiger partial charge in [-0.3, -0.25) is 9.59 Å². The van der Waals surface area contributed by atoms with Crippen molar-refractivity contribution in [3.63, 3.8) is 0 Å². The van der Waals surface area contributed by atoms with Crippen molar-refractivity contribution < 1.29 is 58.9 Å². The minimum absolute atomic E-state index is 0.0692. The molecule has 0 aromatic heterocycles. The number of rotatable bonds is 9. The zero-order valence-electron chi connectivity index (χ0n) is 30.9. The van der Waals surface area contributed by atoms with Crippen LogP contribution in [0.15, 0.2) is 58.7 Å². The highest BCUT2D eigenvalue weighted by atomic mass is 16.7. The van der Waals surface area contributed by atoms with Gasteiger partial charge in [-0.25, -0.2) is 4.79 Å². The molecule has 0 unspecified atom stereocenters. The van der Waals surface area contributed by atoms with Gasteiger partial charge in [0.2, 0.25) is 0 Å². The Hall–Kier alpha value is -3.13. The highest BCUT2D eigenvalue weighted by Gasteiger charge is 2.52. The highest BCUT2D eigenvalue weighted by Crippen LogP contribution is 2.36. The van der Waals surface area contributed by atoms with Crippen molar-refractivity contribution >= 4 is 17.9 Å². The van der Waals surface area contributed by atoms with E-state index in [9.17, 15) is 39.9 Å². The topological polar surface area (TPSA) is 189 Å². The standard InChI is InChI=1S/C38H58O12/c1-10-26-20-23(5)28(40)14-12-11-13-27(16-18-30(41)42)36(46)47-29(25(7)39)17-15-22(4)19-24(6)33(26)48-37-32(44)31(43)34(38(8,9)50-37)49-35(45)21(2)3/h11-13,15,19-21,25-26,28-29,31-34,37,39-40,43-44H,10,14,16-18H2,1-9H3,(H,41,42)/b12-11+,22-15+,23-20+,24-19+,27-13+/t25-,26+,28+,29+,31-,32+,33+,34+,37-/m1/s1. The van der Waals surface area contributed by atoms with Crippen LogP contribution < -0.4 is 0 Å². The monoisotopic (exact) mass is 706 g/mol. The molecule has 0 aromatic carbocycles. The Morgan fingerprint density at radius 1 is 1.04 bits per heavy atom. The third kappa shape index (κ3) is 12.6. The Labute approximate surface area is 296 Å². The molecule has 2 aliphatic heterocycles. The number of carboxylic acid groups (broad SMARTS) is 1. The van der Waals surface area contributed by atoms with Gasteiger partial charge in [0.25, 0.3) is 0 Å². The van der Waals surface area contributed by atoms with Gasteiger partial charge in [0.05, 0.1) is 24.2 Å². The van der Waals surface area contributed by atoms with Crippen molar-refractivity contribution in [1.29, 1.82) is 0 Å². The van der Waals surface area contributed by atoms with Crippen LogP contribution in [-0.2, 0) is 33.3 Å². The van der Waals surface area contributed by atoms with Crippen LogP contribution in [0.1, 0.15) is 94.4 Å². The smallest absolute Gasteiger partial charge is 0.334 e. The van der Waals surface area contributed by atoms with E-state index in [1.54, 1.807) is 52.8 Å². The van der Waals surface area contributed by atoms with Crippen molar-refractivity contribution in [3.8, 4) is 0 Å². The van der Waals surface area contributed by atoms with Gasteiger partial charge >= 0.3 is 17.9 Å². The minimum atomic E-state index is -1.56. The summed E-state index contributed by atoms with van der Waals surface area (Å²) in [6.45, 7) is 15.6. The van der Waals surface area contributed by atoms with Gasteiger partial charge in [-0.2, -0.15) is 0 Å². The number of esters is 2. The number of carbonyl (C=O) groups excluding carboxylic acids is 2. The summed E-state index contributed by atoms with van der Waals surface area (Å²) in [5.74, 6) is -3.12. The van der Waals surface area contributed by atoms with Crippen LogP contribution in [0.25, 0.3) is 0 Å². The fourth-order valence-electron chi connectivity index (χ4n) is 5.76. The molecular formula is C38H58O12. The summed E-state index contributed by atoms with van der Waals surface area (Å²) in [4.78, 5) is 36.7. The predicted octanol–water partition coefficient (Wildman–Crippen LogP) is 4.46. The maximum Gasteiger partial charge on any atom is 0.334 e. The molecule has 2 heterocycles. The number of hydrogen-bond donors (Lipinski definition) is 5. The van der Waals surface area contributed by atoms with Crippen LogP contribution in [-0.4, -0.2) is 98.1 Å². The molecule has 2 rings (SSSR count). The largest absolute Gasteiger partial charge is 0.481 e. The normalized spacial score (nSPS) is 35.7. The van der Waals surface area contributed by atoms with Crippen molar-refractivity contribution in [2.75, 3.05) is 0 Å². The maximum atomic E-state index is 13.1. The number of allylic oxidation sites excluding steroid dienone is 4. The lowest BCUT2D eigenvalue weighted by molar-refractivity contribution is -0.333. The highest BCUT2D eigenvalue weighted by molar-refractivity contribution is 5.89. The summed E-state index contributed by atoms with van der Waals surface area (Å²) >= 11 is 0. The first-order valence-corrected chi connectivity index (χ1v) is 17.4. The summed E-state index contributed by atoms with van der Waals surface area (Å²) in [5, 5.41) is 53.0. The van der Waals surface area contributed by atoms with Crippen molar-refractivity contribution in [2.45, 2.75) is 149 Å². The molecule has 50 heavy (non-hydrogen) atoms. The SMILES string of the molecule is CC[C@H]1/C=C(\C)[C@@H](O)C/C=C/C=C(\CCC(=O)O)C(=O)O[C@H]([C@@H](C)O)C/C=C(C)/C=C(\C)[C@@H]1O[C@@H]1OC(C)(C)[C@@H](OC(=O)C(C)C)[C@H](O)[C@@H]1O. The molecule has 1 saturated heterocycles. The molecular weight excluding hydrogens is 648 g/mol. The van der Waals surface area contributed by atoms with Gasteiger partial charge in [0, 0.05) is 24.3 Å². The number of ether oxygens (including phenoxy) is 4. The number of aliphatic hydroxyl groups excluding tert-OH is 4. The molecule has 0 amide bonds. The lowest BCUT2D eigenvalue weighted by atomic mass is 9.88. The van der Waals surface area contributed by atoms with Crippen molar-refractivity contribution in [3.05, 3.63) is 58.7 Å². The second-order valence-electron chi connectivity index (χ2n) is 14.1. The summed E-state index contributed by atoms with van der Waals surface area (Å²) in [5.41, 5.74) is 1.04. The van der Waals surface area contributed by atoms with Gasteiger partial charge in [-0.05, 0) is 72.0 Å². The molecule has 0 aliphatic carbocycles. The van der Waals surface area contributed by atoms with Crippen LogP contribution in [0.5, 0.6) is 0 Å². The Morgan fingerprint density at radius 2 is 1.70 bits per heavy atom. The van der Waals surface area contributed by atoms with Gasteiger partial charge < -0.3 is 44.5 Å². The van der Waals surface area contributed by atoms with Crippen LogP contribution in [0.2, 0.25) is 0 Å². The Morgan fingerprint density at radius 3 is 2.28 bits per heavy atom. The van der Waals surface area contributed by atoms with Crippen LogP contribution in [0.3, 0.4) is 0 Å². The second-order valence-corrected chi connectivity index (χ2v) is 14.1. The summed E-state index contributed by atoms with van der Waals surface area (Å²) in [6, 6.07) is 0. The number of aliphatic hydroxyl groups is 4. The van der Waals surface area contributed by atoms with Gasteiger partial charge in [0.1, 0.15) is 23.9 Å². The van der Waals surface area contributed by atoms with Gasteiger partial charge in [-0.15, -0.1) is 0 Å². The van der Waals surface area contributed by atoms with Crippen molar-refractivity contribution in [2.24, 2.45) is 11.8 Å². The molecule has 2 aliphatic rings. The third-order valence-electron chi connectivity index (χ3n) is 8.94. The number of cyclic esters (lactones) is 1. The van der Waals surface area contributed by atoms with Crippen LogP contribution in [0.4, 0.5) is 0 Å². The van der Waals surface area contributed by atoms with Gasteiger partial charge in [-0.1, -0.05) is 62.8 Å². The average molecular weight is 707 g/mol. The van der Waals surface area contributed by atoms with E-state index in [0.29, 0.717) is 12.0 Å². The minimum Gasteiger partial charge on any atom is -0.481 e. The Bertz CT molecular complexity index is 1320. The number of hydrogen-bond acceptors (Lipinski definition) is 11. The Balaban J connectivity index is 2.56. The zero-order valence-corrected chi connectivity index (χ0v) is 30.9. The summed E-state index contributed by atoms with van der Waals surface area (Å²) in [6.07, 6.45) is 1.77. The number of aliphatic carboxylic acids is 1. The molecule has 0 bridgehead atoms. The number of carboxylic acids is 1. The zero-order chi connectivity index (χ0) is 37.9. The fourth-order valence-corrected chi connectivity index (χ4v) is 5.76. The Kier molecular flexibility index (Phi) is 16.8.